The van der Waals surface area contributed by atoms with Gasteiger partial charge in [-0.1, -0.05) is 50.1 Å². The van der Waals surface area contributed by atoms with E-state index in [9.17, 15) is 9.59 Å². The molecule has 0 aromatic heterocycles. The van der Waals surface area contributed by atoms with Crippen molar-refractivity contribution >= 4 is 11.8 Å². The topological polar surface area (TPSA) is 71.1 Å². The maximum atomic E-state index is 11.7. The van der Waals surface area contributed by atoms with Crippen molar-refractivity contribution in [2.24, 2.45) is 0 Å². The van der Waals surface area contributed by atoms with Crippen molar-refractivity contribution in [1.82, 2.24) is 0 Å². The molecular weight excluding hydrogens is 324 g/mol. The maximum absolute atomic E-state index is 11.7. The SMILES string of the molecule is CCCCCOCCOCCOCCOC(=O)C(=O)c1ccccc1. The highest BCUT2D eigenvalue weighted by Gasteiger charge is 2.16. The molecule has 0 aliphatic heterocycles. The van der Waals surface area contributed by atoms with E-state index in [2.05, 4.69) is 6.92 Å². The van der Waals surface area contributed by atoms with Crippen molar-refractivity contribution in [3.05, 3.63) is 35.9 Å². The lowest BCUT2D eigenvalue weighted by molar-refractivity contribution is -0.139. The average molecular weight is 352 g/mol. The fourth-order valence-corrected chi connectivity index (χ4v) is 1.96. The van der Waals surface area contributed by atoms with Gasteiger partial charge in [-0.3, -0.25) is 4.79 Å². The molecule has 6 nitrogen and oxygen atoms in total. The number of ether oxygens (including phenoxy) is 4. The number of ketones is 1. The summed E-state index contributed by atoms with van der Waals surface area (Å²) in [6, 6.07) is 8.31. The van der Waals surface area contributed by atoms with Crippen LogP contribution >= 0.6 is 0 Å². The van der Waals surface area contributed by atoms with Crippen molar-refractivity contribution in [1.29, 1.82) is 0 Å². The molecule has 0 saturated heterocycles. The summed E-state index contributed by atoms with van der Waals surface area (Å²) >= 11 is 0. The molecule has 0 atom stereocenters. The van der Waals surface area contributed by atoms with E-state index in [1.165, 1.54) is 12.8 Å². The largest absolute Gasteiger partial charge is 0.457 e. The molecule has 140 valence electrons. The number of Topliss-reactive ketones (excluding diaryl/α,β-unsaturated/α-hetero) is 1. The average Bonchev–Trinajstić information content (AvgIpc) is 2.65. The molecule has 0 aliphatic rings. The summed E-state index contributed by atoms with van der Waals surface area (Å²) < 4.78 is 20.9. The Balaban J connectivity index is 1.90. The molecular formula is C19H28O6. The third-order valence-corrected chi connectivity index (χ3v) is 3.32. The highest BCUT2D eigenvalue weighted by atomic mass is 16.6. The summed E-state index contributed by atoms with van der Waals surface area (Å²) in [5.74, 6) is -1.52. The van der Waals surface area contributed by atoms with Gasteiger partial charge in [0.2, 0.25) is 0 Å². The second-order valence-electron chi connectivity index (χ2n) is 5.38. The van der Waals surface area contributed by atoms with Crippen LogP contribution in [0.2, 0.25) is 0 Å². The van der Waals surface area contributed by atoms with Crippen molar-refractivity contribution in [3.8, 4) is 0 Å². The minimum absolute atomic E-state index is 0.0396. The van der Waals surface area contributed by atoms with E-state index in [4.69, 9.17) is 18.9 Å². The fraction of sp³-hybridized carbons (Fsp3) is 0.579. The zero-order valence-electron chi connectivity index (χ0n) is 14.9. The summed E-state index contributed by atoms with van der Waals surface area (Å²) in [6.07, 6.45) is 3.47. The smallest absolute Gasteiger partial charge is 0.379 e. The molecule has 1 rings (SSSR count). The lowest BCUT2D eigenvalue weighted by Crippen LogP contribution is -2.20. The van der Waals surface area contributed by atoms with Crippen molar-refractivity contribution in [2.75, 3.05) is 46.2 Å². The first-order valence-corrected chi connectivity index (χ1v) is 8.75. The zero-order valence-corrected chi connectivity index (χ0v) is 14.9. The first-order valence-electron chi connectivity index (χ1n) is 8.75. The second kappa shape index (κ2) is 14.6. The highest BCUT2D eigenvalue weighted by molar-refractivity contribution is 6.40. The Hall–Kier alpha value is -1.76. The van der Waals surface area contributed by atoms with Crippen LogP contribution in [0.4, 0.5) is 0 Å². The second-order valence-corrected chi connectivity index (χ2v) is 5.38. The van der Waals surface area contributed by atoms with E-state index >= 15 is 0 Å². The molecule has 1 aromatic rings. The van der Waals surface area contributed by atoms with Crippen LogP contribution in [0.1, 0.15) is 36.5 Å². The number of hydrogen-bond donors (Lipinski definition) is 0. The molecule has 0 amide bonds. The van der Waals surface area contributed by atoms with Crippen LogP contribution in [0, 0.1) is 0 Å². The lowest BCUT2D eigenvalue weighted by Gasteiger charge is -2.07. The predicted molar refractivity (Wildman–Crippen MR) is 93.7 cm³/mol. The van der Waals surface area contributed by atoms with Gasteiger partial charge in [0.25, 0.3) is 5.78 Å². The van der Waals surface area contributed by atoms with E-state index < -0.39 is 11.8 Å². The number of benzene rings is 1. The van der Waals surface area contributed by atoms with Crippen LogP contribution < -0.4 is 0 Å². The van der Waals surface area contributed by atoms with Crippen LogP contribution in [0.5, 0.6) is 0 Å². The molecule has 0 saturated carbocycles. The molecule has 0 fully saturated rings. The normalized spacial score (nSPS) is 10.6. The third kappa shape index (κ3) is 10.7. The molecule has 25 heavy (non-hydrogen) atoms. The van der Waals surface area contributed by atoms with Crippen molar-refractivity contribution in [3.63, 3.8) is 0 Å². The van der Waals surface area contributed by atoms with Gasteiger partial charge in [-0.05, 0) is 6.42 Å². The van der Waals surface area contributed by atoms with E-state index in [-0.39, 0.29) is 13.2 Å². The Bertz CT molecular complexity index is 474. The highest BCUT2D eigenvalue weighted by Crippen LogP contribution is 2.01. The number of esters is 1. The molecule has 0 aliphatic carbocycles. The minimum atomic E-state index is -0.869. The van der Waals surface area contributed by atoms with Crippen molar-refractivity contribution < 1.29 is 28.5 Å². The van der Waals surface area contributed by atoms with Crippen LogP contribution in [0.15, 0.2) is 30.3 Å². The van der Waals surface area contributed by atoms with Crippen LogP contribution in [0.25, 0.3) is 0 Å². The van der Waals surface area contributed by atoms with Gasteiger partial charge in [0.15, 0.2) is 0 Å². The monoisotopic (exact) mass is 352 g/mol. The first-order chi connectivity index (χ1) is 12.3. The van der Waals surface area contributed by atoms with Gasteiger partial charge in [-0.2, -0.15) is 0 Å². The number of hydrogen-bond acceptors (Lipinski definition) is 6. The van der Waals surface area contributed by atoms with Gasteiger partial charge in [-0.15, -0.1) is 0 Å². The number of carbonyl (C=O) groups is 2. The Morgan fingerprint density at radius 3 is 1.92 bits per heavy atom. The molecule has 0 bridgehead atoms. The number of carbonyl (C=O) groups excluding carboxylic acids is 2. The van der Waals surface area contributed by atoms with Gasteiger partial charge < -0.3 is 18.9 Å². The van der Waals surface area contributed by atoms with Crippen LogP contribution in [-0.4, -0.2) is 58.0 Å². The van der Waals surface area contributed by atoms with Gasteiger partial charge in [0.05, 0.1) is 33.0 Å². The maximum Gasteiger partial charge on any atom is 0.379 e. The minimum Gasteiger partial charge on any atom is -0.457 e. The predicted octanol–water partition coefficient (Wildman–Crippen LogP) is 2.65. The lowest BCUT2D eigenvalue weighted by atomic mass is 10.1. The fourth-order valence-electron chi connectivity index (χ4n) is 1.96. The van der Waals surface area contributed by atoms with Gasteiger partial charge in [0.1, 0.15) is 6.61 Å². The Morgan fingerprint density at radius 1 is 0.760 bits per heavy atom. The van der Waals surface area contributed by atoms with E-state index in [1.54, 1.807) is 30.3 Å². The number of rotatable bonds is 15. The Labute approximate surface area is 149 Å². The molecule has 6 heteroatoms. The summed E-state index contributed by atoms with van der Waals surface area (Å²) in [5.41, 5.74) is 0.318. The molecule has 1 aromatic carbocycles. The summed E-state index contributed by atoms with van der Waals surface area (Å²) in [5, 5.41) is 0. The summed E-state index contributed by atoms with van der Waals surface area (Å²) in [4.78, 5) is 23.3. The third-order valence-electron chi connectivity index (χ3n) is 3.32. The van der Waals surface area contributed by atoms with Gasteiger partial charge in [-0.25, -0.2) is 4.79 Å². The number of unbranched alkanes of at least 4 members (excludes halogenated alkanes) is 2. The summed E-state index contributed by atoms with van der Waals surface area (Å²) in [7, 11) is 0. The molecule has 0 unspecified atom stereocenters. The van der Waals surface area contributed by atoms with E-state index in [1.807, 2.05) is 0 Å². The summed E-state index contributed by atoms with van der Waals surface area (Å²) in [6.45, 7) is 5.18. The zero-order chi connectivity index (χ0) is 18.2. The first kappa shape index (κ1) is 21.3. The molecule has 0 spiro atoms. The van der Waals surface area contributed by atoms with Gasteiger partial charge >= 0.3 is 5.97 Å². The quantitative estimate of drug-likeness (QED) is 0.209. The van der Waals surface area contributed by atoms with Gasteiger partial charge in [0, 0.05) is 12.2 Å². The molecule has 0 radical (unpaired) electrons. The van der Waals surface area contributed by atoms with Crippen LogP contribution in [0.3, 0.4) is 0 Å². The van der Waals surface area contributed by atoms with E-state index in [0.717, 1.165) is 13.0 Å². The van der Waals surface area contributed by atoms with Crippen LogP contribution in [-0.2, 0) is 23.7 Å². The van der Waals surface area contributed by atoms with E-state index in [0.29, 0.717) is 32.0 Å². The Kier molecular flexibility index (Phi) is 12.4. The molecule has 0 N–H and O–H groups in total. The Morgan fingerprint density at radius 2 is 1.32 bits per heavy atom. The molecule has 0 heterocycles. The van der Waals surface area contributed by atoms with Crippen molar-refractivity contribution in [2.45, 2.75) is 26.2 Å². The standard InChI is InChI=1S/C19H28O6/c1-2-3-7-10-22-11-12-23-13-14-24-15-16-25-19(21)18(20)17-8-5-4-6-9-17/h4-6,8-9H,2-3,7,10-16H2,1H3.